The molecule has 0 amide bonds. The summed E-state index contributed by atoms with van der Waals surface area (Å²) in [6, 6.07) is 2.49. The predicted octanol–water partition coefficient (Wildman–Crippen LogP) is 1.51. The maximum absolute atomic E-state index is 4.37. The van der Waals surface area contributed by atoms with Gasteiger partial charge in [0.25, 0.3) is 0 Å². The third-order valence-electron chi connectivity index (χ3n) is 2.54. The van der Waals surface area contributed by atoms with E-state index in [-0.39, 0.29) is 0 Å². The van der Waals surface area contributed by atoms with Crippen molar-refractivity contribution in [2.45, 2.75) is 32.9 Å². The molecule has 0 saturated heterocycles. The molecular weight excluding hydrogens is 200 g/mol. The topological polar surface area (TPSA) is 33.1 Å². The van der Waals surface area contributed by atoms with E-state index in [9.17, 15) is 0 Å². The lowest BCUT2D eigenvalue weighted by Gasteiger charge is -2.22. The van der Waals surface area contributed by atoms with E-state index in [0.29, 0.717) is 6.04 Å². The Kier molecular flexibility index (Phi) is 5.49. The predicted molar refractivity (Wildman–Crippen MR) is 67.5 cm³/mol. The van der Waals surface area contributed by atoms with Crippen LogP contribution < -0.4 is 5.32 Å². The van der Waals surface area contributed by atoms with Crippen LogP contribution in [0, 0.1) is 0 Å². The van der Waals surface area contributed by atoms with Crippen molar-refractivity contribution in [3.8, 4) is 0 Å². The summed E-state index contributed by atoms with van der Waals surface area (Å²) >= 11 is 0. The summed E-state index contributed by atoms with van der Waals surface area (Å²) in [5, 5.41) is 7.89. The highest BCUT2D eigenvalue weighted by Crippen LogP contribution is 2.13. The largest absolute Gasteiger partial charge is 0.308 e. The third kappa shape index (κ3) is 3.61. The molecule has 0 aliphatic heterocycles. The average Bonchev–Trinajstić information content (AvgIpc) is 2.65. The number of likely N-dealkylation sites (N-methyl/N-ethyl adjacent to an activating group) is 2. The quantitative estimate of drug-likeness (QED) is 0.762. The molecular formula is C12H24N4. The lowest BCUT2D eigenvalue weighted by atomic mass is 10.2. The lowest BCUT2D eigenvalue weighted by molar-refractivity contribution is 0.332. The van der Waals surface area contributed by atoms with Crippen LogP contribution in [0.4, 0.5) is 0 Å². The first-order valence-corrected chi connectivity index (χ1v) is 6.08. The minimum atomic E-state index is 0.369. The van der Waals surface area contributed by atoms with E-state index in [2.05, 4.69) is 54.0 Å². The summed E-state index contributed by atoms with van der Waals surface area (Å²) in [5.41, 5.74) is 1.29. The smallest absolute Gasteiger partial charge is 0.0620 e. The van der Waals surface area contributed by atoms with Gasteiger partial charge in [-0.1, -0.05) is 13.8 Å². The molecule has 4 heteroatoms. The number of nitrogens with zero attached hydrogens (tertiary/aromatic N) is 3. The molecule has 0 aliphatic rings. The van der Waals surface area contributed by atoms with Gasteiger partial charge in [0.15, 0.2) is 0 Å². The molecule has 1 unspecified atom stereocenters. The second kappa shape index (κ2) is 6.66. The van der Waals surface area contributed by atoms with Crippen LogP contribution in [0.3, 0.4) is 0 Å². The second-order valence-electron chi connectivity index (χ2n) is 4.35. The normalized spacial score (nSPS) is 13.3. The fourth-order valence-corrected chi connectivity index (χ4v) is 1.91. The fraction of sp³-hybridized carbons (Fsp3) is 0.750. The van der Waals surface area contributed by atoms with Crippen molar-refractivity contribution in [2.75, 3.05) is 27.2 Å². The van der Waals surface area contributed by atoms with Gasteiger partial charge in [-0.25, -0.2) is 0 Å². The zero-order valence-electron chi connectivity index (χ0n) is 10.9. The summed E-state index contributed by atoms with van der Waals surface area (Å²) in [7, 11) is 4.20. The lowest BCUT2D eigenvalue weighted by Crippen LogP contribution is -2.32. The van der Waals surface area contributed by atoms with Crippen LogP contribution >= 0.6 is 0 Å². The maximum Gasteiger partial charge on any atom is 0.0620 e. The molecule has 0 bridgehead atoms. The Morgan fingerprint density at radius 3 is 2.75 bits per heavy atom. The highest BCUT2D eigenvalue weighted by Gasteiger charge is 2.15. The highest BCUT2D eigenvalue weighted by molar-refractivity contribution is 5.07. The molecule has 0 radical (unpaired) electrons. The van der Waals surface area contributed by atoms with E-state index in [1.54, 1.807) is 0 Å². The van der Waals surface area contributed by atoms with Crippen LogP contribution in [0.5, 0.6) is 0 Å². The van der Waals surface area contributed by atoms with Gasteiger partial charge in [0.2, 0.25) is 0 Å². The van der Waals surface area contributed by atoms with Crippen molar-refractivity contribution in [2.24, 2.45) is 0 Å². The van der Waals surface area contributed by atoms with Crippen molar-refractivity contribution < 1.29 is 0 Å². The first-order valence-electron chi connectivity index (χ1n) is 6.08. The molecule has 92 valence electrons. The fourth-order valence-electron chi connectivity index (χ4n) is 1.91. The number of aryl methyl sites for hydroxylation is 1. The van der Waals surface area contributed by atoms with Gasteiger partial charge >= 0.3 is 0 Å². The third-order valence-corrected chi connectivity index (χ3v) is 2.54. The Balaban J connectivity index is 2.78. The Hall–Kier alpha value is -0.870. The van der Waals surface area contributed by atoms with Gasteiger partial charge < -0.3 is 10.2 Å². The molecule has 0 spiro atoms. The Morgan fingerprint density at radius 1 is 1.44 bits per heavy atom. The van der Waals surface area contributed by atoms with Crippen LogP contribution in [0.1, 0.15) is 32.0 Å². The zero-order valence-corrected chi connectivity index (χ0v) is 10.9. The van der Waals surface area contributed by atoms with Crippen LogP contribution in [-0.2, 0) is 6.54 Å². The molecule has 4 nitrogen and oxygen atoms in total. The van der Waals surface area contributed by atoms with E-state index >= 15 is 0 Å². The molecule has 0 aliphatic carbocycles. The van der Waals surface area contributed by atoms with Crippen LogP contribution in [0.2, 0.25) is 0 Å². The number of nitrogens with one attached hydrogen (secondary N) is 1. The Bertz CT molecular complexity index is 293. The molecule has 0 saturated carbocycles. The van der Waals surface area contributed by atoms with Crippen molar-refractivity contribution in [1.82, 2.24) is 20.0 Å². The molecule has 16 heavy (non-hydrogen) atoms. The van der Waals surface area contributed by atoms with Crippen molar-refractivity contribution in [3.05, 3.63) is 18.0 Å². The minimum Gasteiger partial charge on any atom is -0.308 e. The van der Waals surface area contributed by atoms with E-state index in [4.69, 9.17) is 0 Å². The van der Waals surface area contributed by atoms with Gasteiger partial charge in [0, 0.05) is 19.3 Å². The van der Waals surface area contributed by atoms with Crippen molar-refractivity contribution in [1.29, 1.82) is 0 Å². The number of hydrogen-bond acceptors (Lipinski definition) is 3. The van der Waals surface area contributed by atoms with Gasteiger partial charge in [-0.3, -0.25) is 4.68 Å². The van der Waals surface area contributed by atoms with Crippen LogP contribution in [-0.4, -0.2) is 41.9 Å². The first kappa shape index (κ1) is 13.2. The number of hydrogen-bond donors (Lipinski definition) is 1. The molecule has 1 aromatic heterocycles. The molecule has 0 fully saturated rings. The van der Waals surface area contributed by atoms with E-state index in [1.165, 1.54) is 5.69 Å². The highest BCUT2D eigenvalue weighted by atomic mass is 15.3. The van der Waals surface area contributed by atoms with E-state index < -0.39 is 0 Å². The van der Waals surface area contributed by atoms with Gasteiger partial charge in [-0.2, -0.15) is 5.10 Å². The first-order chi connectivity index (χ1) is 7.69. The summed E-state index contributed by atoms with van der Waals surface area (Å²) in [5.74, 6) is 0. The average molecular weight is 224 g/mol. The summed E-state index contributed by atoms with van der Waals surface area (Å²) in [4.78, 5) is 2.20. The summed E-state index contributed by atoms with van der Waals surface area (Å²) < 4.78 is 2.11. The number of rotatable bonds is 7. The Labute approximate surface area is 98.6 Å². The maximum atomic E-state index is 4.37. The minimum absolute atomic E-state index is 0.369. The van der Waals surface area contributed by atoms with Gasteiger partial charge in [-0.15, -0.1) is 0 Å². The van der Waals surface area contributed by atoms with Gasteiger partial charge in [-0.05, 0) is 33.1 Å². The second-order valence-corrected chi connectivity index (χ2v) is 4.35. The zero-order chi connectivity index (χ0) is 12.0. The Morgan fingerprint density at radius 2 is 2.19 bits per heavy atom. The van der Waals surface area contributed by atoms with E-state index in [0.717, 1.165) is 26.1 Å². The number of aromatic nitrogens is 2. The molecule has 1 aromatic rings. The van der Waals surface area contributed by atoms with Crippen LogP contribution in [0.15, 0.2) is 12.3 Å². The van der Waals surface area contributed by atoms with Gasteiger partial charge in [0.1, 0.15) is 0 Å². The molecule has 1 atom stereocenters. The molecule has 1 N–H and O–H groups in total. The van der Waals surface area contributed by atoms with Crippen molar-refractivity contribution >= 4 is 0 Å². The molecule has 1 rings (SSSR count). The van der Waals surface area contributed by atoms with Crippen molar-refractivity contribution in [3.63, 3.8) is 0 Å². The standard InChI is InChI=1S/C12H24N4/c1-5-9-16-12(7-8-14-16)11(13-6-2)10-15(3)4/h7-8,11,13H,5-6,9-10H2,1-4H3. The molecule has 1 heterocycles. The monoisotopic (exact) mass is 224 g/mol. The van der Waals surface area contributed by atoms with E-state index in [1.807, 2.05) is 6.20 Å². The summed E-state index contributed by atoms with van der Waals surface area (Å²) in [6.45, 7) is 7.31. The SMILES string of the molecule is CCCn1nccc1C(CN(C)C)NCC. The summed E-state index contributed by atoms with van der Waals surface area (Å²) in [6.07, 6.45) is 3.01. The van der Waals surface area contributed by atoms with Crippen LogP contribution in [0.25, 0.3) is 0 Å². The van der Waals surface area contributed by atoms with Gasteiger partial charge in [0.05, 0.1) is 11.7 Å². The molecule has 0 aromatic carbocycles.